The highest BCUT2D eigenvalue weighted by Crippen LogP contribution is 2.26. The van der Waals surface area contributed by atoms with Crippen molar-refractivity contribution < 1.29 is 17.9 Å². The maximum absolute atomic E-state index is 13.0. The molecule has 186 valence electrons. The molecule has 5 nitrogen and oxygen atoms in total. The van der Waals surface area contributed by atoms with Crippen LogP contribution in [0.3, 0.4) is 0 Å². The number of piperazine rings is 1. The van der Waals surface area contributed by atoms with Gasteiger partial charge in [0.15, 0.2) is 5.43 Å². The standard InChI is InChI=1S/C28H26F3N3O2/c1-33-12-14-34(15-13-33)22-8-11-25-24(17-22)27(35)18-26(32-25)21-6-2-19(3-7-21)16-20-4-9-23(10-5-20)36-28(29,30)31/h2-11,17-18H,12-16H2,1H3,(H,32,35). The molecule has 2 heterocycles. The van der Waals surface area contributed by atoms with Crippen LogP contribution < -0.4 is 15.1 Å². The van der Waals surface area contributed by atoms with Crippen LogP contribution >= 0.6 is 0 Å². The summed E-state index contributed by atoms with van der Waals surface area (Å²) in [6, 6.07) is 21.3. The lowest BCUT2D eigenvalue weighted by molar-refractivity contribution is -0.274. The first-order chi connectivity index (χ1) is 17.2. The molecule has 1 saturated heterocycles. The third-order valence-electron chi connectivity index (χ3n) is 6.51. The summed E-state index contributed by atoms with van der Waals surface area (Å²) in [7, 11) is 2.12. The smallest absolute Gasteiger partial charge is 0.406 e. The highest BCUT2D eigenvalue weighted by Gasteiger charge is 2.30. The maximum Gasteiger partial charge on any atom is 0.573 e. The third kappa shape index (κ3) is 5.54. The number of ether oxygens (including phenoxy) is 1. The Morgan fingerprint density at radius 2 is 1.50 bits per heavy atom. The molecular formula is C28H26F3N3O2. The Kier molecular flexibility index (Phi) is 6.45. The second kappa shape index (κ2) is 9.70. The second-order valence-corrected chi connectivity index (χ2v) is 9.13. The molecule has 5 rings (SSSR count). The Morgan fingerprint density at radius 1 is 0.861 bits per heavy atom. The number of nitrogens with one attached hydrogen (secondary N) is 1. The molecule has 1 aromatic heterocycles. The van der Waals surface area contributed by atoms with E-state index in [1.165, 1.54) is 12.1 Å². The molecule has 1 aliphatic heterocycles. The molecule has 1 N–H and O–H groups in total. The lowest BCUT2D eigenvalue weighted by Crippen LogP contribution is -2.44. The second-order valence-electron chi connectivity index (χ2n) is 9.13. The molecule has 0 bridgehead atoms. The average Bonchev–Trinajstić information content (AvgIpc) is 2.85. The van der Waals surface area contributed by atoms with Gasteiger partial charge in [0, 0.05) is 54.5 Å². The molecule has 1 fully saturated rings. The van der Waals surface area contributed by atoms with Crippen molar-refractivity contribution in [1.82, 2.24) is 9.88 Å². The highest BCUT2D eigenvalue weighted by atomic mass is 19.4. The fraction of sp³-hybridized carbons (Fsp3) is 0.250. The molecule has 0 unspecified atom stereocenters. The van der Waals surface area contributed by atoms with Crippen LogP contribution in [-0.4, -0.2) is 49.5 Å². The van der Waals surface area contributed by atoms with Crippen LogP contribution in [0, 0.1) is 0 Å². The number of rotatable bonds is 5. The summed E-state index contributed by atoms with van der Waals surface area (Å²) in [5.41, 5.74) is 5.32. The number of fused-ring (bicyclic) bond motifs is 1. The van der Waals surface area contributed by atoms with Gasteiger partial charge in [0.2, 0.25) is 0 Å². The Bertz CT molecular complexity index is 1410. The molecule has 1 aliphatic rings. The van der Waals surface area contributed by atoms with Gasteiger partial charge in [-0.2, -0.15) is 0 Å². The fourth-order valence-corrected chi connectivity index (χ4v) is 4.50. The van der Waals surface area contributed by atoms with Gasteiger partial charge in [0.25, 0.3) is 0 Å². The van der Waals surface area contributed by atoms with Crippen molar-refractivity contribution in [1.29, 1.82) is 0 Å². The zero-order valence-electron chi connectivity index (χ0n) is 19.8. The Labute approximate surface area is 206 Å². The average molecular weight is 494 g/mol. The van der Waals surface area contributed by atoms with Crippen LogP contribution in [0.4, 0.5) is 18.9 Å². The highest BCUT2D eigenvalue weighted by molar-refractivity contribution is 5.84. The number of aromatic nitrogens is 1. The number of benzene rings is 3. The molecule has 0 saturated carbocycles. The van der Waals surface area contributed by atoms with Crippen LogP contribution in [0.5, 0.6) is 5.75 Å². The number of halogens is 3. The van der Waals surface area contributed by atoms with Gasteiger partial charge in [0.05, 0.1) is 0 Å². The predicted molar refractivity (Wildman–Crippen MR) is 136 cm³/mol. The van der Waals surface area contributed by atoms with E-state index in [1.54, 1.807) is 18.2 Å². The van der Waals surface area contributed by atoms with Gasteiger partial charge in [-0.3, -0.25) is 4.79 Å². The largest absolute Gasteiger partial charge is 0.573 e. The number of pyridine rings is 1. The summed E-state index contributed by atoms with van der Waals surface area (Å²) in [6.45, 7) is 3.88. The predicted octanol–water partition coefficient (Wildman–Crippen LogP) is 5.44. The summed E-state index contributed by atoms with van der Waals surface area (Å²) < 4.78 is 40.9. The van der Waals surface area contributed by atoms with Gasteiger partial charge in [-0.15, -0.1) is 13.2 Å². The third-order valence-corrected chi connectivity index (χ3v) is 6.51. The molecular weight excluding hydrogens is 467 g/mol. The number of alkyl halides is 3. The summed E-state index contributed by atoms with van der Waals surface area (Å²) in [4.78, 5) is 20.9. The first-order valence-electron chi connectivity index (χ1n) is 11.8. The van der Waals surface area contributed by atoms with E-state index in [0.29, 0.717) is 11.8 Å². The lowest BCUT2D eigenvalue weighted by atomic mass is 10.0. The van der Waals surface area contributed by atoms with E-state index in [9.17, 15) is 18.0 Å². The van der Waals surface area contributed by atoms with Gasteiger partial charge in [0.1, 0.15) is 5.75 Å². The fourth-order valence-electron chi connectivity index (χ4n) is 4.50. The molecule has 0 spiro atoms. The van der Waals surface area contributed by atoms with Crippen LogP contribution in [-0.2, 0) is 6.42 Å². The minimum atomic E-state index is -4.70. The van der Waals surface area contributed by atoms with E-state index in [2.05, 4.69) is 32.6 Å². The monoisotopic (exact) mass is 493 g/mol. The van der Waals surface area contributed by atoms with E-state index >= 15 is 0 Å². The summed E-state index contributed by atoms with van der Waals surface area (Å²) in [6.07, 6.45) is -4.14. The van der Waals surface area contributed by atoms with Crippen molar-refractivity contribution >= 4 is 16.6 Å². The first kappa shape index (κ1) is 23.9. The van der Waals surface area contributed by atoms with E-state index in [-0.39, 0.29) is 11.2 Å². The number of nitrogens with zero attached hydrogens (tertiary/aromatic N) is 2. The minimum absolute atomic E-state index is 0.0278. The first-order valence-corrected chi connectivity index (χ1v) is 11.8. The number of H-pyrrole nitrogens is 1. The quantitative estimate of drug-likeness (QED) is 0.403. The zero-order chi connectivity index (χ0) is 25.3. The minimum Gasteiger partial charge on any atom is -0.406 e. The molecule has 0 amide bonds. The molecule has 0 aliphatic carbocycles. The Hall–Kier alpha value is -3.78. The van der Waals surface area contributed by atoms with Crippen molar-refractivity contribution in [2.45, 2.75) is 12.8 Å². The van der Waals surface area contributed by atoms with E-state index in [4.69, 9.17) is 0 Å². The van der Waals surface area contributed by atoms with Crippen molar-refractivity contribution in [2.24, 2.45) is 0 Å². The van der Waals surface area contributed by atoms with Gasteiger partial charge in [-0.25, -0.2) is 0 Å². The molecule has 8 heteroatoms. The molecule has 0 atom stereocenters. The topological polar surface area (TPSA) is 48.6 Å². The SMILES string of the molecule is CN1CCN(c2ccc3[nH]c(-c4ccc(Cc5ccc(OC(F)(F)F)cc5)cc4)cc(=O)c3c2)CC1. The summed E-state index contributed by atoms with van der Waals surface area (Å²) >= 11 is 0. The van der Waals surface area contributed by atoms with E-state index < -0.39 is 6.36 Å². The number of anilines is 1. The Morgan fingerprint density at radius 3 is 2.14 bits per heavy atom. The Balaban J connectivity index is 1.31. The van der Waals surface area contributed by atoms with Crippen molar-refractivity contribution in [3.05, 3.63) is 94.1 Å². The van der Waals surface area contributed by atoms with Crippen LogP contribution in [0.15, 0.2) is 77.6 Å². The molecule has 36 heavy (non-hydrogen) atoms. The zero-order valence-corrected chi connectivity index (χ0v) is 19.8. The van der Waals surface area contributed by atoms with Crippen molar-refractivity contribution in [3.63, 3.8) is 0 Å². The van der Waals surface area contributed by atoms with E-state index in [0.717, 1.165) is 59.8 Å². The van der Waals surface area contributed by atoms with Gasteiger partial charge >= 0.3 is 6.36 Å². The maximum atomic E-state index is 13.0. The molecule has 0 radical (unpaired) electrons. The summed E-state index contributed by atoms with van der Waals surface area (Å²) in [5, 5.41) is 0.671. The number of aromatic amines is 1. The number of hydrogen-bond donors (Lipinski definition) is 1. The molecule has 4 aromatic rings. The normalized spacial score (nSPS) is 14.8. The summed E-state index contributed by atoms with van der Waals surface area (Å²) in [5.74, 6) is -0.238. The lowest BCUT2D eigenvalue weighted by Gasteiger charge is -2.34. The van der Waals surface area contributed by atoms with Gasteiger partial charge in [-0.1, -0.05) is 36.4 Å². The number of hydrogen-bond acceptors (Lipinski definition) is 4. The van der Waals surface area contributed by atoms with Gasteiger partial charge in [-0.05, 0) is 60.5 Å². The van der Waals surface area contributed by atoms with Crippen LogP contribution in [0.25, 0.3) is 22.2 Å². The van der Waals surface area contributed by atoms with Crippen LogP contribution in [0.1, 0.15) is 11.1 Å². The number of likely N-dealkylation sites (N-methyl/N-ethyl adjacent to an activating group) is 1. The molecule has 3 aromatic carbocycles. The van der Waals surface area contributed by atoms with Crippen molar-refractivity contribution in [2.75, 3.05) is 38.1 Å². The van der Waals surface area contributed by atoms with Gasteiger partial charge < -0.3 is 19.5 Å². The van der Waals surface area contributed by atoms with Crippen molar-refractivity contribution in [3.8, 4) is 17.0 Å². The van der Waals surface area contributed by atoms with E-state index in [1.807, 2.05) is 36.4 Å². The van der Waals surface area contributed by atoms with Crippen LogP contribution in [0.2, 0.25) is 0 Å².